The molecule has 0 aromatic heterocycles. The number of hydrogen-bond donors (Lipinski definition) is 2. The molecule has 21 heavy (non-hydrogen) atoms. The fourth-order valence-electron chi connectivity index (χ4n) is 2.08. The Morgan fingerprint density at radius 3 is 2.52 bits per heavy atom. The molecular weight excluding hydrogens is 280 g/mol. The summed E-state index contributed by atoms with van der Waals surface area (Å²) in [4.78, 5) is 13.4. The second-order valence-electron chi connectivity index (χ2n) is 4.95. The molecule has 2 aromatic rings. The summed E-state index contributed by atoms with van der Waals surface area (Å²) < 4.78 is 0. The van der Waals surface area contributed by atoms with E-state index in [1.807, 2.05) is 67.8 Å². The van der Waals surface area contributed by atoms with Crippen LogP contribution in [0.2, 0.25) is 0 Å². The van der Waals surface area contributed by atoms with Crippen molar-refractivity contribution in [2.45, 2.75) is 17.9 Å². The van der Waals surface area contributed by atoms with Crippen LogP contribution >= 0.6 is 11.8 Å². The van der Waals surface area contributed by atoms with Gasteiger partial charge < -0.3 is 11.1 Å². The minimum atomic E-state index is -0.310. The van der Waals surface area contributed by atoms with Gasteiger partial charge in [0, 0.05) is 16.6 Å². The molecule has 0 fully saturated rings. The summed E-state index contributed by atoms with van der Waals surface area (Å²) in [6.07, 6.45) is 2.01. The Morgan fingerprint density at radius 2 is 1.86 bits per heavy atom. The first-order valence-electron chi connectivity index (χ1n) is 6.87. The summed E-state index contributed by atoms with van der Waals surface area (Å²) in [6.45, 7) is 1.85. The quantitative estimate of drug-likeness (QED) is 0.828. The van der Waals surface area contributed by atoms with Crippen LogP contribution in [0, 0.1) is 5.92 Å². The van der Waals surface area contributed by atoms with E-state index in [0.717, 1.165) is 16.1 Å². The summed E-state index contributed by atoms with van der Waals surface area (Å²) in [5, 5.41) is 2.93. The number of hydrogen-bond acceptors (Lipinski definition) is 3. The average Bonchev–Trinajstić information content (AvgIpc) is 2.54. The van der Waals surface area contributed by atoms with Gasteiger partial charge in [0.2, 0.25) is 5.91 Å². The molecule has 0 aliphatic rings. The number of carbonyl (C=O) groups excluding carboxylic acids is 1. The van der Waals surface area contributed by atoms with Gasteiger partial charge in [-0.25, -0.2) is 0 Å². The summed E-state index contributed by atoms with van der Waals surface area (Å²) in [5.41, 5.74) is 7.96. The Labute approximate surface area is 129 Å². The molecule has 110 valence electrons. The normalized spacial score (nSPS) is 13.5. The molecule has 2 atom stereocenters. The highest BCUT2D eigenvalue weighted by Gasteiger charge is 2.22. The van der Waals surface area contributed by atoms with Gasteiger partial charge in [-0.1, -0.05) is 43.3 Å². The van der Waals surface area contributed by atoms with Crippen LogP contribution in [0.5, 0.6) is 0 Å². The van der Waals surface area contributed by atoms with E-state index in [0.29, 0.717) is 0 Å². The molecule has 1 amide bonds. The van der Waals surface area contributed by atoms with Crippen molar-refractivity contribution in [3.8, 4) is 0 Å². The number of thioether (sulfide) groups is 1. The number of nitrogens with two attached hydrogens (primary N) is 1. The SMILES string of the molecule is CSc1cccc(NC(=O)C(C)C(N)c2ccccc2)c1. The topological polar surface area (TPSA) is 55.1 Å². The van der Waals surface area contributed by atoms with Crippen molar-refractivity contribution in [1.82, 2.24) is 0 Å². The van der Waals surface area contributed by atoms with E-state index in [1.54, 1.807) is 11.8 Å². The van der Waals surface area contributed by atoms with E-state index < -0.39 is 0 Å². The molecule has 2 unspecified atom stereocenters. The summed E-state index contributed by atoms with van der Waals surface area (Å²) in [5.74, 6) is -0.366. The maximum Gasteiger partial charge on any atom is 0.229 e. The van der Waals surface area contributed by atoms with Crippen molar-refractivity contribution in [2.24, 2.45) is 11.7 Å². The van der Waals surface area contributed by atoms with Gasteiger partial charge in [-0.15, -0.1) is 11.8 Å². The van der Waals surface area contributed by atoms with Crippen LogP contribution in [0.25, 0.3) is 0 Å². The van der Waals surface area contributed by atoms with Gasteiger partial charge in [0.05, 0.1) is 5.92 Å². The van der Waals surface area contributed by atoms with Crippen LogP contribution in [0.1, 0.15) is 18.5 Å². The zero-order chi connectivity index (χ0) is 15.2. The highest BCUT2D eigenvalue weighted by molar-refractivity contribution is 7.98. The van der Waals surface area contributed by atoms with Gasteiger partial charge in [-0.2, -0.15) is 0 Å². The lowest BCUT2D eigenvalue weighted by molar-refractivity contribution is -0.120. The fraction of sp³-hybridized carbons (Fsp3) is 0.235. The Balaban J connectivity index is 2.05. The largest absolute Gasteiger partial charge is 0.326 e. The highest BCUT2D eigenvalue weighted by Crippen LogP contribution is 2.23. The average molecular weight is 300 g/mol. The van der Waals surface area contributed by atoms with Crippen LogP contribution < -0.4 is 11.1 Å². The Bertz CT molecular complexity index is 601. The minimum Gasteiger partial charge on any atom is -0.326 e. The van der Waals surface area contributed by atoms with Gasteiger partial charge in [0.25, 0.3) is 0 Å². The smallest absolute Gasteiger partial charge is 0.229 e. The first-order chi connectivity index (χ1) is 10.1. The molecule has 0 saturated carbocycles. The predicted octanol–water partition coefficient (Wildman–Crippen LogP) is 3.68. The van der Waals surface area contributed by atoms with Crippen molar-refractivity contribution < 1.29 is 4.79 Å². The maximum atomic E-state index is 12.3. The van der Waals surface area contributed by atoms with Crippen molar-refractivity contribution in [3.63, 3.8) is 0 Å². The lowest BCUT2D eigenvalue weighted by Gasteiger charge is -2.20. The third-order valence-electron chi connectivity index (χ3n) is 3.47. The highest BCUT2D eigenvalue weighted by atomic mass is 32.2. The third-order valence-corrected chi connectivity index (χ3v) is 4.20. The molecule has 3 N–H and O–H groups in total. The molecular formula is C17H20N2OS. The van der Waals surface area contributed by atoms with Gasteiger partial charge in [0.1, 0.15) is 0 Å². The Hall–Kier alpha value is -1.78. The standard InChI is InChI=1S/C17H20N2OS/c1-12(16(18)13-7-4-3-5-8-13)17(20)19-14-9-6-10-15(11-14)21-2/h3-12,16H,18H2,1-2H3,(H,19,20). The molecule has 0 spiro atoms. The van der Waals surface area contributed by atoms with E-state index in [4.69, 9.17) is 5.73 Å². The maximum absolute atomic E-state index is 12.3. The fourth-order valence-corrected chi connectivity index (χ4v) is 2.54. The zero-order valence-electron chi connectivity index (χ0n) is 12.2. The van der Waals surface area contributed by atoms with Crippen molar-refractivity contribution in [2.75, 3.05) is 11.6 Å². The van der Waals surface area contributed by atoms with E-state index >= 15 is 0 Å². The summed E-state index contributed by atoms with van der Waals surface area (Å²) in [7, 11) is 0. The van der Waals surface area contributed by atoms with Crippen LogP contribution in [0.15, 0.2) is 59.5 Å². The van der Waals surface area contributed by atoms with Crippen molar-refractivity contribution in [3.05, 3.63) is 60.2 Å². The number of carbonyl (C=O) groups is 1. The zero-order valence-corrected chi connectivity index (χ0v) is 13.1. The molecule has 4 heteroatoms. The molecule has 2 rings (SSSR count). The van der Waals surface area contributed by atoms with Gasteiger partial charge in [-0.3, -0.25) is 4.79 Å². The number of benzene rings is 2. The number of amides is 1. The first kappa shape index (κ1) is 15.6. The lowest BCUT2D eigenvalue weighted by Crippen LogP contribution is -2.30. The van der Waals surface area contributed by atoms with Gasteiger partial charge >= 0.3 is 0 Å². The molecule has 0 aliphatic carbocycles. The molecule has 0 aliphatic heterocycles. The monoisotopic (exact) mass is 300 g/mol. The second kappa shape index (κ2) is 7.29. The van der Waals surface area contributed by atoms with Crippen LogP contribution in [0.3, 0.4) is 0 Å². The van der Waals surface area contributed by atoms with Crippen molar-refractivity contribution >= 4 is 23.4 Å². The van der Waals surface area contributed by atoms with Gasteiger partial charge in [0.15, 0.2) is 0 Å². The summed E-state index contributed by atoms with van der Waals surface area (Å²) >= 11 is 1.65. The molecule has 2 aromatic carbocycles. The number of nitrogens with one attached hydrogen (secondary N) is 1. The molecule has 3 nitrogen and oxygen atoms in total. The van der Waals surface area contributed by atoms with E-state index in [2.05, 4.69) is 5.32 Å². The third kappa shape index (κ3) is 4.09. The van der Waals surface area contributed by atoms with Crippen LogP contribution in [-0.2, 0) is 4.79 Å². The van der Waals surface area contributed by atoms with E-state index in [-0.39, 0.29) is 17.9 Å². The van der Waals surface area contributed by atoms with E-state index in [1.165, 1.54) is 0 Å². The molecule has 0 radical (unpaired) electrons. The number of anilines is 1. The number of rotatable bonds is 5. The van der Waals surface area contributed by atoms with Crippen LogP contribution in [0.4, 0.5) is 5.69 Å². The second-order valence-corrected chi connectivity index (χ2v) is 5.83. The molecule has 0 saturated heterocycles. The minimum absolute atomic E-state index is 0.0652. The first-order valence-corrected chi connectivity index (χ1v) is 8.09. The van der Waals surface area contributed by atoms with Crippen molar-refractivity contribution in [1.29, 1.82) is 0 Å². The van der Waals surface area contributed by atoms with Gasteiger partial charge in [-0.05, 0) is 30.0 Å². The van der Waals surface area contributed by atoms with E-state index in [9.17, 15) is 4.79 Å². The molecule has 0 heterocycles. The van der Waals surface area contributed by atoms with Crippen LogP contribution in [-0.4, -0.2) is 12.2 Å². The summed E-state index contributed by atoms with van der Waals surface area (Å²) in [6, 6.07) is 17.2. The molecule has 0 bridgehead atoms. The Kier molecular flexibility index (Phi) is 5.42. The Morgan fingerprint density at radius 1 is 1.14 bits per heavy atom. The predicted molar refractivity (Wildman–Crippen MR) is 89.4 cm³/mol. The lowest BCUT2D eigenvalue weighted by atomic mass is 9.94.